The zero-order chi connectivity index (χ0) is 22.0. The quantitative estimate of drug-likeness (QED) is 0.455. The van der Waals surface area contributed by atoms with Gasteiger partial charge in [0.1, 0.15) is 5.75 Å². The number of ketones is 1. The predicted molar refractivity (Wildman–Crippen MR) is 125 cm³/mol. The van der Waals surface area contributed by atoms with E-state index in [1.807, 2.05) is 62.8 Å². The summed E-state index contributed by atoms with van der Waals surface area (Å²) in [6.07, 6.45) is 5.34. The molecule has 31 heavy (non-hydrogen) atoms. The second kappa shape index (κ2) is 8.78. The Morgan fingerprint density at radius 3 is 2.84 bits per heavy atom. The summed E-state index contributed by atoms with van der Waals surface area (Å²) >= 11 is 0. The van der Waals surface area contributed by atoms with Gasteiger partial charge in [-0.15, -0.1) is 0 Å². The number of nitrogens with two attached hydrogens (primary N) is 1. The van der Waals surface area contributed by atoms with Gasteiger partial charge >= 0.3 is 0 Å². The molecular weight excluding hydrogens is 388 g/mol. The number of carbonyl (C=O) groups excluding carboxylic acids is 1. The van der Waals surface area contributed by atoms with E-state index in [1.54, 1.807) is 0 Å². The van der Waals surface area contributed by atoms with E-state index in [0.29, 0.717) is 18.6 Å². The van der Waals surface area contributed by atoms with Crippen molar-refractivity contribution in [1.82, 2.24) is 9.47 Å². The number of likely N-dealkylation sites (N-methyl/N-ethyl adjacent to an activating group) is 1. The fraction of sp³-hybridized carbons (Fsp3) is 0.280. The lowest BCUT2D eigenvalue weighted by atomic mass is 9.89. The molecule has 0 bridgehead atoms. The van der Waals surface area contributed by atoms with Crippen LogP contribution in [-0.2, 0) is 13.0 Å². The van der Waals surface area contributed by atoms with Crippen molar-refractivity contribution in [2.45, 2.75) is 13.0 Å². The monoisotopic (exact) mass is 416 g/mol. The van der Waals surface area contributed by atoms with E-state index in [2.05, 4.69) is 9.47 Å². The predicted octanol–water partition coefficient (Wildman–Crippen LogP) is 3.59. The SMILES string of the molecule is CN(C)CCn1cc(C(=O)C2COc3ccccc3C2)c2ccc(/C(C=N)=C/N)cc21. The molecule has 0 amide bonds. The zero-order valence-corrected chi connectivity index (χ0v) is 18.0. The third kappa shape index (κ3) is 4.11. The van der Waals surface area contributed by atoms with Crippen molar-refractivity contribution in [2.24, 2.45) is 11.7 Å². The van der Waals surface area contributed by atoms with Crippen LogP contribution in [0.25, 0.3) is 16.5 Å². The fourth-order valence-electron chi connectivity index (χ4n) is 4.10. The molecule has 1 atom stereocenters. The minimum atomic E-state index is -0.205. The maximum Gasteiger partial charge on any atom is 0.171 e. The van der Waals surface area contributed by atoms with Gasteiger partial charge in [-0.25, -0.2) is 0 Å². The molecule has 2 aromatic carbocycles. The second-order valence-corrected chi connectivity index (χ2v) is 8.22. The van der Waals surface area contributed by atoms with Crippen LogP contribution < -0.4 is 10.5 Å². The van der Waals surface area contributed by atoms with Gasteiger partial charge in [0.05, 0.1) is 12.5 Å². The number of nitrogens with one attached hydrogen (secondary N) is 1. The standard InChI is InChI=1S/C25H28N4O2/c1-28(2)9-10-29-15-22(21-8-7-17(12-23(21)29)20(13-26)14-27)25(30)19-11-18-5-3-4-6-24(18)31-16-19/h3-8,12-15,19,26H,9-11,16,27H2,1-2H3/b20-14+,26-13?. The average Bonchev–Trinajstić information content (AvgIpc) is 3.15. The molecule has 0 spiro atoms. The van der Waals surface area contributed by atoms with Gasteiger partial charge in [-0.2, -0.15) is 0 Å². The first-order valence-corrected chi connectivity index (χ1v) is 10.5. The van der Waals surface area contributed by atoms with Gasteiger partial charge in [0.2, 0.25) is 0 Å². The molecule has 0 saturated heterocycles. The Bertz CT molecular complexity index is 1160. The number of aromatic nitrogens is 1. The Morgan fingerprint density at radius 2 is 2.10 bits per heavy atom. The number of hydrogen-bond acceptors (Lipinski definition) is 5. The highest BCUT2D eigenvalue weighted by molar-refractivity contribution is 6.12. The summed E-state index contributed by atoms with van der Waals surface area (Å²) in [5.74, 6) is 0.776. The fourth-order valence-corrected chi connectivity index (χ4v) is 4.10. The maximum absolute atomic E-state index is 13.5. The summed E-state index contributed by atoms with van der Waals surface area (Å²) in [7, 11) is 4.06. The van der Waals surface area contributed by atoms with Gasteiger partial charge < -0.3 is 25.3 Å². The molecule has 2 heterocycles. The molecular formula is C25H28N4O2. The van der Waals surface area contributed by atoms with Crippen molar-refractivity contribution in [1.29, 1.82) is 5.41 Å². The van der Waals surface area contributed by atoms with Crippen molar-refractivity contribution >= 4 is 28.5 Å². The summed E-state index contributed by atoms with van der Waals surface area (Å²) in [6, 6.07) is 13.8. The molecule has 3 N–H and O–H groups in total. The van der Waals surface area contributed by atoms with Crippen molar-refractivity contribution in [3.63, 3.8) is 0 Å². The number of fused-ring (bicyclic) bond motifs is 2. The van der Waals surface area contributed by atoms with E-state index in [0.717, 1.165) is 46.4 Å². The highest BCUT2D eigenvalue weighted by Crippen LogP contribution is 2.32. The van der Waals surface area contributed by atoms with Crippen LogP contribution in [0.4, 0.5) is 0 Å². The van der Waals surface area contributed by atoms with Crippen LogP contribution in [0.15, 0.2) is 54.9 Å². The summed E-state index contributed by atoms with van der Waals surface area (Å²) in [6.45, 7) is 2.01. The van der Waals surface area contributed by atoms with Gasteiger partial charge in [-0.1, -0.05) is 30.3 Å². The first kappa shape index (κ1) is 20.9. The number of hydrogen-bond donors (Lipinski definition) is 2. The molecule has 1 aliphatic rings. The maximum atomic E-state index is 13.5. The summed E-state index contributed by atoms with van der Waals surface area (Å²) < 4.78 is 8.00. The van der Waals surface area contributed by atoms with Crippen LogP contribution in [0.5, 0.6) is 5.75 Å². The van der Waals surface area contributed by atoms with E-state index in [4.69, 9.17) is 15.9 Å². The Labute approximate surface area is 182 Å². The number of ether oxygens (including phenoxy) is 1. The topological polar surface area (TPSA) is 84.3 Å². The van der Waals surface area contributed by atoms with Crippen LogP contribution in [0, 0.1) is 11.3 Å². The molecule has 1 aliphatic heterocycles. The number of rotatable bonds is 7. The van der Waals surface area contributed by atoms with Crippen LogP contribution in [0.1, 0.15) is 21.5 Å². The third-order valence-electron chi connectivity index (χ3n) is 5.85. The number of allylic oxidation sites excluding steroid dienone is 1. The second-order valence-electron chi connectivity index (χ2n) is 8.22. The van der Waals surface area contributed by atoms with E-state index in [-0.39, 0.29) is 11.7 Å². The Hall–Kier alpha value is -3.38. The van der Waals surface area contributed by atoms with E-state index in [1.165, 1.54) is 12.4 Å². The first-order chi connectivity index (χ1) is 15.0. The molecule has 160 valence electrons. The number of para-hydroxylation sites is 1. The van der Waals surface area contributed by atoms with E-state index >= 15 is 0 Å². The van der Waals surface area contributed by atoms with Gasteiger partial charge in [0.25, 0.3) is 0 Å². The van der Waals surface area contributed by atoms with Crippen LogP contribution in [0.2, 0.25) is 0 Å². The van der Waals surface area contributed by atoms with Gasteiger partial charge in [-0.3, -0.25) is 4.79 Å². The third-order valence-corrected chi connectivity index (χ3v) is 5.85. The summed E-state index contributed by atoms with van der Waals surface area (Å²) in [5.41, 5.74) is 9.98. The van der Waals surface area contributed by atoms with Crippen LogP contribution in [-0.4, -0.2) is 48.7 Å². The number of carbonyl (C=O) groups is 1. The molecule has 6 nitrogen and oxygen atoms in total. The zero-order valence-electron chi connectivity index (χ0n) is 18.0. The molecule has 0 fully saturated rings. The number of Topliss-reactive ketones (excluding diaryl/α,β-unsaturated/α-hetero) is 1. The molecule has 4 rings (SSSR count). The lowest BCUT2D eigenvalue weighted by molar-refractivity contribution is 0.0856. The normalized spacial score (nSPS) is 16.2. The van der Waals surface area contributed by atoms with Gasteiger partial charge in [0.15, 0.2) is 5.78 Å². The number of nitrogens with zero attached hydrogens (tertiary/aromatic N) is 2. The number of benzene rings is 2. The van der Waals surface area contributed by atoms with Crippen molar-refractivity contribution in [3.05, 3.63) is 71.6 Å². The largest absolute Gasteiger partial charge is 0.493 e. The lowest BCUT2D eigenvalue weighted by Gasteiger charge is -2.24. The Balaban J connectivity index is 1.73. The minimum absolute atomic E-state index is 0.109. The van der Waals surface area contributed by atoms with E-state index < -0.39 is 0 Å². The van der Waals surface area contributed by atoms with Crippen molar-refractivity contribution in [2.75, 3.05) is 27.2 Å². The van der Waals surface area contributed by atoms with Crippen molar-refractivity contribution in [3.8, 4) is 5.75 Å². The van der Waals surface area contributed by atoms with Gasteiger partial charge in [-0.05, 0) is 43.8 Å². The van der Waals surface area contributed by atoms with E-state index in [9.17, 15) is 4.79 Å². The highest BCUT2D eigenvalue weighted by atomic mass is 16.5. The van der Waals surface area contributed by atoms with Crippen LogP contribution in [0.3, 0.4) is 0 Å². The minimum Gasteiger partial charge on any atom is -0.493 e. The highest BCUT2D eigenvalue weighted by Gasteiger charge is 2.29. The molecule has 0 aliphatic carbocycles. The van der Waals surface area contributed by atoms with Gasteiger partial charge in [0, 0.05) is 53.7 Å². The molecule has 3 aromatic rings. The summed E-state index contributed by atoms with van der Waals surface area (Å²) in [5, 5.41) is 8.53. The molecule has 1 unspecified atom stereocenters. The molecule has 1 aromatic heterocycles. The van der Waals surface area contributed by atoms with Crippen molar-refractivity contribution < 1.29 is 9.53 Å². The molecule has 0 saturated carbocycles. The Morgan fingerprint density at radius 1 is 1.29 bits per heavy atom. The average molecular weight is 417 g/mol. The molecule has 0 radical (unpaired) electrons. The lowest BCUT2D eigenvalue weighted by Crippen LogP contribution is -2.28. The smallest absolute Gasteiger partial charge is 0.171 e. The summed E-state index contributed by atoms with van der Waals surface area (Å²) in [4.78, 5) is 15.7. The Kier molecular flexibility index (Phi) is 5.91. The first-order valence-electron chi connectivity index (χ1n) is 10.5. The molecule has 6 heteroatoms. The van der Waals surface area contributed by atoms with Crippen LogP contribution >= 0.6 is 0 Å².